The predicted octanol–water partition coefficient (Wildman–Crippen LogP) is -2.06. The van der Waals surface area contributed by atoms with Crippen molar-refractivity contribution in [2.75, 3.05) is 31.6 Å². The van der Waals surface area contributed by atoms with E-state index in [1.165, 1.54) is 4.52 Å². The Bertz CT molecular complexity index is 691. The van der Waals surface area contributed by atoms with Gasteiger partial charge in [0.05, 0.1) is 0 Å². The van der Waals surface area contributed by atoms with Gasteiger partial charge in [0.1, 0.15) is 6.04 Å². The maximum atomic E-state index is 11.9. The van der Waals surface area contributed by atoms with Crippen molar-refractivity contribution in [3.8, 4) is 0 Å². The summed E-state index contributed by atoms with van der Waals surface area (Å²) >= 11 is 0. The number of H-pyrrole nitrogens is 1. The molecule has 2 aromatic rings. The van der Waals surface area contributed by atoms with Gasteiger partial charge in [0.2, 0.25) is 5.91 Å². The molecular formula is C11H15N7O2. The smallest absolute Gasteiger partial charge is 0.357 e. The van der Waals surface area contributed by atoms with Gasteiger partial charge in [-0.1, -0.05) is 0 Å². The number of aromatic nitrogens is 4. The summed E-state index contributed by atoms with van der Waals surface area (Å²) in [6.45, 7) is 1.94. The van der Waals surface area contributed by atoms with Crippen molar-refractivity contribution < 1.29 is 4.79 Å². The molecule has 0 spiro atoms. The molecule has 1 unspecified atom stereocenters. The van der Waals surface area contributed by atoms with Crippen molar-refractivity contribution in [1.82, 2.24) is 30.4 Å². The van der Waals surface area contributed by atoms with Crippen LogP contribution in [0.25, 0.3) is 5.65 Å². The van der Waals surface area contributed by atoms with Crippen LogP contribution in [-0.2, 0) is 4.79 Å². The third-order valence-corrected chi connectivity index (χ3v) is 3.35. The molecule has 0 saturated carbocycles. The van der Waals surface area contributed by atoms with Crippen molar-refractivity contribution in [2.24, 2.45) is 0 Å². The highest BCUT2D eigenvalue weighted by Crippen LogP contribution is 2.15. The molecule has 1 aliphatic rings. The first kappa shape index (κ1) is 12.6. The van der Waals surface area contributed by atoms with Crippen LogP contribution in [0.5, 0.6) is 0 Å². The lowest BCUT2D eigenvalue weighted by atomic mass is 10.1. The minimum absolute atomic E-state index is 0.0846. The van der Waals surface area contributed by atoms with E-state index in [1.807, 2.05) is 4.90 Å². The Balaban J connectivity index is 2.00. The molecule has 0 aromatic carbocycles. The van der Waals surface area contributed by atoms with Crippen LogP contribution in [-0.4, -0.2) is 58.4 Å². The second kappa shape index (κ2) is 4.93. The molecule has 0 bridgehead atoms. The first-order valence-electron chi connectivity index (χ1n) is 6.34. The molecule has 9 nitrogen and oxygen atoms in total. The van der Waals surface area contributed by atoms with E-state index in [-0.39, 0.29) is 11.9 Å². The van der Waals surface area contributed by atoms with Crippen LogP contribution in [0, 0.1) is 0 Å². The summed E-state index contributed by atoms with van der Waals surface area (Å²) in [7, 11) is 1.60. The minimum Gasteiger partial charge on any atom is -0.357 e. The molecule has 0 aliphatic carbocycles. The Labute approximate surface area is 114 Å². The summed E-state index contributed by atoms with van der Waals surface area (Å²) in [5.41, 5.74) is 0.0545. The van der Waals surface area contributed by atoms with E-state index in [9.17, 15) is 9.59 Å². The molecule has 3 N–H and O–H groups in total. The maximum absolute atomic E-state index is 11.9. The average Bonchev–Trinajstić information content (AvgIpc) is 2.87. The van der Waals surface area contributed by atoms with E-state index in [1.54, 1.807) is 19.2 Å². The van der Waals surface area contributed by atoms with Crippen molar-refractivity contribution >= 4 is 17.4 Å². The first-order valence-corrected chi connectivity index (χ1v) is 6.34. The highest BCUT2D eigenvalue weighted by Gasteiger charge is 2.29. The van der Waals surface area contributed by atoms with Crippen LogP contribution < -0.4 is 21.2 Å². The van der Waals surface area contributed by atoms with Gasteiger partial charge in [-0.05, 0) is 12.1 Å². The summed E-state index contributed by atoms with van der Waals surface area (Å²) in [5, 5.41) is 16.2. The molecule has 3 heterocycles. The molecule has 106 valence electrons. The van der Waals surface area contributed by atoms with Gasteiger partial charge in [0.25, 0.3) is 0 Å². The normalized spacial score (nSPS) is 19.2. The zero-order valence-electron chi connectivity index (χ0n) is 11.0. The Morgan fingerprint density at radius 2 is 2.35 bits per heavy atom. The van der Waals surface area contributed by atoms with Crippen LogP contribution in [0.4, 0.5) is 5.82 Å². The summed E-state index contributed by atoms with van der Waals surface area (Å²) < 4.78 is 1.19. The van der Waals surface area contributed by atoms with Crippen LogP contribution in [0.15, 0.2) is 16.9 Å². The highest BCUT2D eigenvalue weighted by atomic mass is 16.2. The van der Waals surface area contributed by atoms with Gasteiger partial charge in [-0.3, -0.25) is 4.79 Å². The van der Waals surface area contributed by atoms with Crippen LogP contribution in [0.2, 0.25) is 0 Å². The average molecular weight is 277 g/mol. The number of hydrogen-bond acceptors (Lipinski definition) is 6. The molecule has 3 rings (SSSR count). The molecule has 9 heteroatoms. The number of piperazine rings is 1. The standard InChI is InChI=1S/C11H15N7O2/c1-12-10(19)7-6-13-4-5-17(7)9-3-2-8-14-15-11(20)18(8)16-9/h2-3,7,13H,4-6H2,1H3,(H,12,19)(H,15,20). The van der Waals surface area contributed by atoms with Gasteiger partial charge in [-0.25, -0.2) is 9.89 Å². The van der Waals surface area contributed by atoms with E-state index in [4.69, 9.17) is 0 Å². The van der Waals surface area contributed by atoms with E-state index in [0.29, 0.717) is 24.6 Å². The summed E-state index contributed by atoms with van der Waals surface area (Å²) in [6.07, 6.45) is 0. The topological polar surface area (TPSA) is 107 Å². The number of hydrogen-bond donors (Lipinski definition) is 3. The van der Waals surface area contributed by atoms with E-state index in [2.05, 4.69) is 25.9 Å². The number of nitrogens with one attached hydrogen (secondary N) is 3. The molecule has 1 aliphatic heterocycles. The van der Waals surface area contributed by atoms with Crippen molar-refractivity contribution in [3.63, 3.8) is 0 Å². The second-order valence-electron chi connectivity index (χ2n) is 4.52. The zero-order valence-corrected chi connectivity index (χ0v) is 11.0. The van der Waals surface area contributed by atoms with Crippen molar-refractivity contribution in [2.45, 2.75) is 6.04 Å². The van der Waals surface area contributed by atoms with Gasteiger partial charge < -0.3 is 15.5 Å². The fourth-order valence-corrected chi connectivity index (χ4v) is 2.33. The number of carbonyl (C=O) groups is 1. The molecule has 0 radical (unpaired) electrons. The number of amides is 1. The maximum Gasteiger partial charge on any atom is 0.364 e. The Kier molecular flexibility index (Phi) is 3.11. The fraction of sp³-hybridized carbons (Fsp3) is 0.455. The Morgan fingerprint density at radius 1 is 1.50 bits per heavy atom. The Hall–Kier alpha value is -2.42. The van der Waals surface area contributed by atoms with Gasteiger partial charge in [-0.15, -0.1) is 5.10 Å². The number of fused-ring (bicyclic) bond motifs is 1. The Morgan fingerprint density at radius 3 is 3.15 bits per heavy atom. The number of likely N-dealkylation sites (N-methyl/N-ethyl adjacent to an activating group) is 1. The number of carbonyl (C=O) groups excluding carboxylic acids is 1. The summed E-state index contributed by atoms with van der Waals surface area (Å²) in [6, 6.07) is 3.11. The second-order valence-corrected chi connectivity index (χ2v) is 4.52. The molecule has 1 atom stereocenters. The number of anilines is 1. The van der Waals surface area contributed by atoms with Gasteiger partial charge >= 0.3 is 5.69 Å². The van der Waals surface area contributed by atoms with Crippen LogP contribution in [0.1, 0.15) is 0 Å². The minimum atomic E-state index is -0.395. The van der Waals surface area contributed by atoms with Crippen molar-refractivity contribution in [3.05, 3.63) is 22.6 Å². The van der Waals surface area contributed by atoms with Gasteiger partial charge in [-0.2, -0.15) is 9.61 Å². The number of nitrogens with zero attached hydrogens (tertiary/aromatic N) is 4. The fourth-order valence-electron chi connectivity index (χ4n) is 2.33. The highest BCUT2D eigenvalue weighted by molar-refractivity contribution is 5.85. The zero-order chi connectivity index (χ0) is 14.1. The van der Waals surface area contributed by atoms with Crippen molar-refractivity contribution in [1.29, 1.82) is 0 Å². The van der Waals surface area contributed by atoms with E-state index >= 15 is 0 Å². The number of aromatic amines is 1. The quantitative estimate of drug-likeness (QED) is 0.583. The lowest BCUT2D eigenvalue weighted by Gasteiger charge is -2.35. The largest absolute Gasteiger partial charge is 0.364 e. The third kappa shape index (κ3) is 2.01. The number of rotatable bonds is 2. The lowest BCUT2D eigenvalue weighted by Crippen LogP contribution is -2.58. The third-order valence-electron chi connectivity index (χ3n) is 3.35. The van der Waals surface area contributed by atoms with E-state index in [0.717, 1.165) is 6.54 Å². The summed E-state index contributed by atoms with van der Waals surface area (Å²) in [4.78, 5) is 25.4. The van der Waals surface area contributed by atoms with Crippen LogP contribution >= 0.6 is 0 Å². The van der Waals surface area contributed by atoms with Crippen LogP contribution in [0.3, 0.4) is 0 Å². The molecular weight excluding hydrogens is 262 g/mol. The van der Waals surface area contributed by atoms with Gasteiger partial charge in [0.15, 0.2) is 11.5 Å². The summed E-state index contributed by atoms with van der Waals surface area (Å²) in [5.74, 6) is 0.495. The SMILES string of the molecule is CNC(=O)C1CNCCN1c1ccc2n[nH]c(=O)n2n1. The van der Waals surface area contributed by atoms with Gasteiger partial charge in [0, 0.05) is 26.7 Å². The van der Waals surface area contributed by atoms with E-state index < -0.39 is 5.69 Å². The molecule has 1 amide bonds. The predicted molar refractivity (Wildman–Crippen MR) is 71.7 cm³/mol. The monoisotopic (exact) mass is 277 g/mol. The molecule has 1 saturated heterocycles. The lowest BCUT2D eigenvalue weighted by molar-refractivity contribution is -0.122. The molecule has 1 fully saturated rings. The molecule has 2 aromatic heterocycles. The first-order chi connectivity index (χ1) is 9.70. The molecule has 20 heavy (non-hydrogen) atoms.